The first kappa shape index (κ1) is 15.5. The van der Waals surface area contributed by atoms with E-state index in [0.717, 1.165) is 10.0 Å². The van der Waals surface area contributed by atoms with Crippen molar-refractivity contribution < 1.29 is 9.47 Å². The summed E-state index contributed by atoms with van der Waals surface area (Å²) in [6.45, 7) is 4.17. The molecule has 1 aromatic carbocycles. The molecular formula is C14H17BrN4O2. The molecule has 0 aliphatic heterocycles. The van der Waals surface area contributed by atoms with Crippen molar-refractivity contribution in [2.45, 2.75) is 26.6 Å². The van der Waals surface area contributed by atoms with E-state index in [1.54, 1.807) is 7.05 Å². The van der Waals surface area contributed by atoms with Crippen LogP contribution in [0.15, 0.2) is 28.7 Å². The Morgan fingerprint density at radius 3 is 2.52 bits per heavy atom. The minimum absolute atomic E-state index is 0.0202. The van der Waals surface area contributed by atoms with Crippen LogP contribution >= 0.6 is 15.9 Å². The molecule has 21 heavy (non-hydrogen) atoms. The number of benzene rings is 1. The first-order chi connectivity index (χ1) is 10.1. The van der Waals surface area contributed by atoms with Crippen molar-refractivity contribution in [2.24, 2.45) is 0 Å². The summed E-state index contributed by atoms with van der Waals surface area (Å²) in [6.07, 6.45) is -0.0202. The molecule has 7 heteroatoms. The summed E-state index contributed by atoms with van der Waals surface area (Å²) in [5.41, 5.74) is 1.01. The number of nitrogens with zero attached hydrogens (tertiary/aromatic N) is 3. The maximum absolute atomic E-state index is 5.63. The number of ether oxygens (including phenoxy) is 2. The van der Waals surface area contributed by atoms with Crippen molar-refractivity contribution in [3.63, 3.8) is 0 Å². The topological polar surface area (TPSA) is 69.2 Å². The fourth-order valence-electron chi connectivity index (χ4n) is 1.54. The number of nitrogens with one attached hydrogen (secondary N) is 1. The maximum Gasteiger partial charge on any atom is 0.324 e. The summed E-state index contributed by atoms with van der Waals surface area (Å²) in [7, 11) is 1.73. The summed E-state index contributed by atoms with van der Waals surface area (Å²) in [5.74, 6) is 0.405. The quantitative estimate of drug-likeness (QED) is 0.861. The Morgan fingerprint density at radius 1 is 1.14 bits per heavy atom. The smallest absolute Gasteiger partial charge is 0.324 e. The Kier molecular flexibility index (Phi) is 5.32. The Labute approximate surface area is 132 Å². The molecule has 0 fully saturated rings. The monoisotopic (exact) mass is 352 g/mol. The van der Waals surface area contributed by atoms with E-state index in [1.165, 1.54) is 0 Å². The van der Waals surface area contributed by atoms with E-state index >= 15 is 0 Å². The van der Waals surface area contributed by atoms with Gasteiger partial charge in [-0.1, -0.05) is 34.1 Å². The molecule has 2 rings (SSSR count). The van der Waals surface area contributed by atoms with Gasteiger partial charge in [-0.3, -0.25) is 0 Å². The molecule has 0 saturated heterocycles. The molecule has 0 bridgehead atoms. The Bertz CT molecular complexity index is 607. The van der Waals surface area contributed by atoms with Crippen LogP contribution in [0.2, 0.25) is 0 Å². The van der Waals surface area contributed by atoms with Crippen molar-refractivity contribution in [2.75, 3.05) is 12.4 Å². The summed E-state index contributed by atoms with van der Waals surface area (Å²) < 4.78 is 12.1. The normalized spacial score (nSPS) is 10.5. The fraction of sp³-hybridized carbons (Fsp3) is 0.357. The second-order valence-corrected chi connectivity index (χ2v) is 5.38. The first-order valence-electron chi connectivity index (χ1n) is 6.55. The van der Waals surface area contributed by atoms with Crippen LogP contribution in [0.5, 0.6) is 12.0 Å². The molecule has 0 aliphatic rings. The lowest BCUT2D eigenvalue weighted by molar-refractivity contribution is 0.211. The van der Waals surface area contributed by atoms with Crippen LogP contribution in [0.4, 0.5) is 5.95 Å². The lowest BCUT2D eigenvalue weighted by Crippen LogP contribution is -2.11. The van der Waals surface area contributed by atoms with E-state index < -0.39 is 0 Å². The number of hydrogen-bond donors (Lipinski definition) is 1. The van der Waals surface area contributed by atoms with E-state index in [0.29, 0.717) is 12.6 Å². The van der Waals surface area contributed by atoms with Crippen LogP contribution in [0.3, 0.4) is 0 Å². The minimum atomic E-state index is -0.0202. The van der Waals surface area contributed by atoms with Crippen LogP contribution in [-0.4, -0.2) is 28.1 Å². The Hall–Kier alpha value is -1.89. The molecule has 0 atom stereocenters. The van der Waals surface area contributed by atoms with Gasteiger partial charge in [0, 0.05) is 17.1 Å². The number of halogens is 1. The third kappa shape index (κ3) is 4.56. The van der Waals surface area contributed by atoms with E-state index in [1.807, 2.05) is 38.1 Å². The van der Waals surface area contributed by atoms with Gasteiger partial charge in [0.1, 0.15) is 6.61 Å². The van der Waals surface area contributed by atoms with E-state index in [4.69, 9.17) is 9.47 Å². The third-order valence-electron chi connectivity index (χ3n) is 2.47. The zero-order valence-electron chi connectivity index (χ0n) is 12.1. The van der Waals surface area contributed by atoms with Gasteiger partial charge in [-0.25, -0.2) is 0 Å². The summed E-state index contributed by atoms with van der Waals surface area (Å²) in [6, 6.07) is 8.29. The molecular weight excluding hydrogens is 336 g/mol. The standard InChI is InChI=1S/C14H17BrN4O2/c1-9(2)21-14-18-12(16-3)17-13(19-14)20-8-10-6-4-5-7-11(10)15/h4-7,9H,8H2,1-3H3,(H,16,17,18,19). The van der Waals surface area contributed by atoms with Crippen molar-refractivity contribution >= 4 is 21.9 Å². The van der Waals surface area contributed by atoms with Crippen molar-refractivity contribution in [3.8, 4) is 12.0 Å². The molecule has 1 N–H and O–H groups in total. The van der Waals surface area contributed by atoms with Crippen LogP contribution < -0.4 is 14.8 Å². The van der Waals surface area contributed by atoms with Crippen molar-refractivity contribution in [1.29, 1.82) is 0 Å². The largest absolute Gasteiger partial charge is 0.461 e. The van der Waals surface area contributed by atoms with Crippen LogP contribution in [0.1, 0.15) is 19.4 Å². The van der Waals surface area contributed by atoms with E-state index in [-0.39, 0.29) is 18.1 Å². The molecule has 0 saturated carbocycles. The highest BCUT2D eigenvalue weighted by molar-refractivity contribution is 9.10. The second kappa shape index (κ2) is 7.21. The molecule has 1 heterocycles. The summed E-state index contributed by atoms with van der Waals surface area (Å²) in [4.78, 5) is 12.4. The SMILES string of the molecule is CNc1nc(OCc2ccccc2Br)nc(OC(C)C)n1. The fourth-order valence-corrected chi connectivity index (χ4v) is 1.93. The second-order valence-electron chi connectivity index (χ2n) is 4.52. The summed E-state index contributed by atoms with van der Waals surface area (Å²) in [5, 5.41) is 2.86. The maximum atomic E-state index is 5.63. The van der Waals surface area contributed by atoms with Crippen molar-refractivity contribution in [3.05, 3.63) is 34.3 Å². The van der Waals surface area contributed by atoms with Gasteiger partial charge in [0.2, 0.25) is 5.95 Å². The highest BCUT2D eigenvalue weighted by atomic mass is 79.9. The molecule has 0 aliphatic carbocycles. The third-order valence-corrected chi connectivity index (χ3v) is 3.25. The first-order valence-corrected chi connectivity index (χ1v) is 7.34. The summed E-state index contributed by atoms with van der Waals surface area (Å²) >= 11 is 3.47. The minimum Gasteiger partial charge on any atom is -0.461 e. The molecule has 6 nitrogen and oxygen atoms in total. The van der Waals surface area contributed by atoms with Crippen molar-refractivity contribution in [1.82, 2.24) is 15.0 Å². The van der Waals surface area contributed by atoms with Gasteiger partial charge in [0.25, 0.3) is 0 Å². The van der Waals surface area contributed by atoms with Gasteiger partial charge in [0.15, 0.2) is 0 Å². The number of rotatable bonds is 6. The molecule has 0 radical (unpaired) electrons. The van der Waals surface area contributed by atoms with E-state index in [2.05, 4.69) is 36.2 Å². The number of aromatic nitrogens is 3. The lowest BCUT2D eigenvalue weighted by atomic mass is 10.2. The zero-order chi connectivity index (χ0) is 15.2. The molecule has 1 aromatic heterocycles. The van der Waals surface area contributed by atoms with Gasteiger partial charge in [-0.05, 0) is 19.9 Å². The van der Waals surface area contributed by atoms with Gasteiger partial charge >= 0.3 is 12.0 Å². The predicted molar refractivity (Wildman–Crippen MR) is 83.6 cm³/mol. The van der Waals surface area contributed by atoms with Gasteiger partial charge in [-0.2, -0.15) is 9.97 Å². The highest BCUT2D eigenvalue weighted by Gasteiger charge is 2.10. The van der Waals surface area contributed by atoms with E-state index in [9.17, 15) is 0 Å². The Morgan fingerprint density at radius 2 is 1.86 bits per heavy atom. The average Bonchev–Trinajstić information content (AvgIpc) is 2.45. The van der Waals surface area contributed by atoms with Gasteiger partial charge in [0.05, 0.1) is 6.10 Å². The molecule has 0 unspecified atom stereocenters. The number of hydrogen-bond acceptors (Lipinski definition) is 6. The number of anilines is 1. The molecule has 112 valence electrons. The van der Waals surface area contributed by atoms with Crippen LogP contribution in [-0.2, 0) is 6.61 Å². The van der Waals surface area contributed by atoms with Crippen LogP contribution in [0.25, 0.3) is 0 Å². The Balaban J connectivity index is 2.13. The van der Waals surface area contributed by atoms with Gasteiger partial charge < -0.3 is 14.8 Å². The molecule has 0 amide bonds. The van der Waals surface area contributed by atoms with Gasteiger partial charge in [-0.15, -0.1) is 4.98 Å². The molecule has 2 aromatic rings. The molecule has 0 spiro atoms. The van der Waals surface area contributed by atoms with Crippen LogP contribution in [0, 0.1) is 0 Å². The average molecular weight is 353 g/mol. The predicted octanol–water partition coefficient (Wildman–Crippen LogP) is 3.04. The highest BCUT2D eigenvalue weighted by Crippen LogP contribution is 2.19. The zero-order valence-corrected chi connectivity index (χ0v) is 13.7. The lowest BCUT2D eigenvalue weighted by Gasteiger charge is -2.11.